The molecule has 0 aromatic heterocycles. The molecule has 0 saturated heterocycles. The molecule has 0 unspecified atom stereocenters. The molecule has 0 aliphatic rings. The molecule has 4 nitrogen and oxygen atoms in total. The van der Waals surface area contributed by atoms with Gasteiger partial charge in [0.05, 0.1) is 0 Å². The van der Waals surface area contributed by atoms with Crippen LogP contribution in [0.3, 0.4) is 0 Å². The van der Waals surface area contributed by atoms with Gasteiger partial charge in [-0.15, -0.1) is 0 Å². The van der Waals surface area contributed by atoms with E-state index in [9.17, 15) is 9.18 Å². The quantitative estimate of drug-likeness (QED) is 0.688. The molecule has 3 aromatic carbocycles. The van der Waals surface area contributed by atoms with Crippen molar-refractivity contribution >= 4 is 17.3 Å². The third-order valence-corrected chi connectivity index (χ3v) is 4.04. The van der Waals surface area contributed by atoms with Gasteiger partial charge in [-0.05, 0) is 48.0 Å². The third-order valence-electron chi connectivity index (χ3n) is 4.04. The van der Waals surface area contributed by atoms with Crippen molar-refractivity contribution in [3.8, 4) is 5.75 Å². The first-order chi connectivity index (χ1) is 13.0. The Balaban J connectivity index is 1.65. The molecule has 138 valence electrons. The van der Waals surface area contributed by atoms with E-state index in [2.05, 4.69) is 5.32 Å². The van der Waals surface area contributed by atoms with Gasteiger partial charge in [0.1, 0.15) is 18.2 Å². The molecule has 27 heavy (non-hydrogen) atoms. The molecule has 0 atom stereocenters. The average molecular weight is 364 g/mol. The highest BCUT2D eigenvalue weighted by atomic mass is 19.1. The van der Waals surface area contributed by atoms with Gasteiger partial charge in [-0.25, -0.2) is 4.39 Å². The number of carbonyl (C=O) groups is 1. The Hall–Kier alpha value is -3.34. The smallest absolute Gasteiger partial charge is 0.255 e. The molecule has 0 radical (unpaired) electrons. The number of carbonyl (C=O) groups excluding carboxylic acids is 1. The van der Waals surface area contributed by atoms with E-state index in [0.29, 0.717) is 23.6 Å². The van der Waals surface area contributed by atoms with Gasteiger partial charge in [0.25, 0.3) is 5.91 Å². The summed E-state index contributed by atoms with van der Waals surface area (Å²) in [5.41, 5.74) is 3.05. The molecule has 0 aliphatic heterocycles. The summed E-state index contributed by atoms with van der Waals surface area (Å²) in [6.07, 6.45) is 0. The number of halogens is 1. The van der Waals surface area contributed by atoms with E-state index in [-0.39, 0.29) is 11.7 Å². The Morgan fingerprint density at radius 3 is 2.48 bits per heavy atom. The van der Waals surface area contributed by atoms with E-state index >= 15 is 0 Å². The van der Waals surface area contributed by atoms with Gasteiger partial charge in [-0.3, -0.25) is 4.79 Å². The van der Waals surface area contributed by atoms with Gasteiger partial charge < -0.3 is 15.0 Å². The number of benzene rings is 3. The van der Waals surface area contributed by atoms with Crippen molar-refractivity contribution in [3.05, 3.63) is 89.7 Å². The molecule has 0 bridgehead atoms. The second-order valence-electron chi connectivity index (χ2n) is 6.34. The van der Waals surface area contributed by atoms with Crippen LogP contribution < -0.4 is 15.0 Å². The van der Waals surface area contributed by atoms with Crippen molar-refractivity contribution in [3.63, 3.8) is 0 Å². The monoisotopic (exact) mass is 364 g/mol. The first-order valence-electron chi connectivity index (χ1n) is 8.57. The Bertz CT molecular complexity index is 924. The summed E-state index contributed by atoms with van der Waals surface area (Å²) in [6, 6.07) is 20.8. The molecular weight excluding hydrogens is 343 g/mol. The summed E-state index contributed by atoms with van der Waals surface area (Å²) in [7, 11) is 3.86. The SMILES string of the molecule is CN(C)c1cccc(C(=O)Nc2cccc(OCc3ccc(F)cc3)c2)c1. The lowest BCUT2D eigenvalue weighted by atomic mass is 10.1. The minimum atomic E-state index is -0.276. The van der Waals surface area contributed by atoms with Crippen LogP contribution in [0, 0.1) is 5.82 Å². The van der Waals surface area contributed by atoms with Crippen molar-refractivity contribution in [2.24, 2.45) is 0 Å². The lowest BCUT2D eigenvalue weighted by Crippen LogP contribution is -2.14. The van der Waals surface area contributed by atoms with Crippen LogP contribution in [0.15, 0.2) is 72.8 Å². The lowest BCUT2D eigenvalue weighted by Gasteiger charge is -2.14. The van der Waals surface area contributed by atoms with Crippen LogP contribution in [-0.2, 0) is 6.61 Å². The Kier molecular flexibility index (Phi) is 5.71. The van der Waals surface area contributed by atoms with Crippen LogP contribution in [0.1, 0.15) is 15.9 Å². The van der Waals surface area contributed by atoms with Crippen LogP contribution in [0.4, 0.5) is 15.8 Å². The fourth-order valence-corrected chi connectivity index (χ4v) is 2.54. The average Bonchev–Trinajstić information content (AvgIpc) is 2.68. The predicted octanol–water partition coefficient (Wildman–Crippen LogP) is 4.72. The Morgan fingerprint density at radius 1 is 1.00 bits per heavy atom. The van der Waals surface area contributed by atoms with E-state index in [1.165, 1.54) is 12.1 Å². The maximum absolute atomic E-state index is 12.9. The molecule has 0 spiro atoms. The number of hydrogen-bond acceptors (Lipinski definition) is 3. The Morgan fingerprint density at radius 2 is 1.74 bits per heavy atom. The second-order valence-corrected chi connectivity index (χ2v) is 6.34. The number of anilines is 2. The summed E-state index contributed by atoms with van der Waals surface area (Å²) in [6.45, 7) is 0.322. The first-order valence-corrected chi connectivity index (χ1v) is 8.57. The van der Waals surface area contributed by atoms with Crippen LogP contribution in [0.5, 0.6) is 5.75 Å². The van der Waals surface area contributed by atoms with Gasteiger partial charge in [-0.1, -0.05) is 24.3 Å². The number of amides is 1. The molecular formula is C22H21FN2O2. The number of hydrogen-bond donors (Lipinski definition) is 1. The molecule has 3 rings (SSSR count). The topological polar surface area (TPSA) is 41.6 Å². The van der Waals surface area contributed by atoms with Crippen molar-refractivity contribution in [1.82, 2.24) is 0 Å². The van der Waals surface area contributed by atoms with Crippen LogP contribution in [0.25, 0.3) is 0 Å². The zero-order chi connectivity index (χ0) is 19.2. The van der Waals surface area contributed by atoms with Gasteiger partial charge in [0.15, 0.2) is 0 Å². The molecule has 0 aliphatic carbocycles. The summed E-state index contributed by atoms with van der Waals surface area (Å²) in [5.74, 6) is 0.162. The molecule has 0 saturated carbocycles. The fraction of sp³-hybridized carbons (Fsp3) is 0.136. The van der Waals surface area contributed by atoms with Gasteiger partial charge in [0.2, 0.25) is 0 Å². The van der Waals surface area contributed by atoms with Crippen molar-refractivity contribution in [2.45, 2.75) is 6.61 Å². The predicted molar refractivity (Wildman–Crippen MR) is 106 cm³/mol. The van der Waals surface area contributed by atoms with E-state index in [1.807, 2.05) is 49.3 Å². The van der Waals surface area contributed by atoms with Crippen molar-refractivity contribution in [2.75, 3.05) is 24.3 Å². The molecule has 0 fully saturated rings. The Labute approximate surface area is 158 Å². The number of ether oxygens (including phenoxy) is 1. The first kappa shape index (κ1) is 18.5. The number of nitrogens with zero attached hydrogens (tertiary/aromatic N) is 1. The standard InChI is InChI=1S/C22H21FN2O2/c1-25(2)20-7-3-5-17(13-20)22(26)24-19-6-4-8-21(14-19)27-15-16-9-11-18(23)12-10-16/h3-14H,15H2,1-2H3,(H,24,26). The molecule has 0 heterocycles. The van der Waals surface area contributed by atoms with Gasteiger partial charge in [-0.2, -0.15) is 0 Å². The van der Waals surface area contributed by atoms with E-state index < -0.39 is 0 Å². The lowest BCUT2D eigenvalue weighted by molar-refractivity contribution is 0.102. The van der Waals surface area contributed by atoms with E-state index in [4.69, 9.17) is 4.74 Å². The summed E-state index contributed by atoms with van der Waals surface area (Å²) < 4.78 is 18.7. The second kappa shape index (κ2) is 8.36. The number of nitrogens with one attached hydrogen (secondary N) is 1. The van der Waals surface area contributed by atoms with E-state index in [0.717, 1.165) is 11.3 Å². The summed E-state index contributed by atoms with van der Waals surface area (Å²) >= 11 is 0. The summed E-state index contributed by atoms with van der Waals surface area (Å²) in [4.78, 5) is 14.5. The highest BCUT2D eigenvalue weighted by Crippen LogP contribution is 2.20. The van der Waals surface area contributed by atoms with Crippen LogP contribution in [0.2, 0.25) is 0 Å². The largest absolute Gasteiger partial charge is 0.489 e. The van der Waals surface area contributed by atoms with Crippen molar-refractivity contribution < 1.29 is 13.9 Å². The zero-order valence-corrected chi connectivity index (χ0v) is 15.3. The zero-order valence-electron chi connectivity index (χ0n) is 15.3. The third kappa shape index (κ3) is 5.07. The summed E-state index contributed by atoms with van der Waals surface area (Å²) in [5, 5.41) is 2.88. The maximum atomic E-state index is 12.9. The van der Waals surface area contributed by atoms with E-state index in [1.54, 1.807) is 30.3 Å². The van der Waals surface area contributed by atoms with Gasteiger partial charge in [0, 0.05) is 37.1 Å². The minimum absolute atomic E-state index is 0.186. The van der Waals surface area contributed by atoms with Gasteiger partial charge >= 0.3 is 0 Å². The van der Waals surface area contributed by atoms with Crippen LogP contribution >= 0.6 is 0 Å². The van der Waals surface area contributed by atoms with Crippen LogP contribution in [-0.4, -0.2) is 20.0 Å². The highest BCUT2D eigenvalue weighted by molar-refractivity contribution is 6.04. The normalized spacial score (nSPS) is 10.3. The molecule has 1 amide bonds. The molecule has 1 N–H and O–H groups in total. The van der Waals surface area contributed by atoms with Crippen molar-refractivity contribution in [1.29, 1.82) is 0 Å². The molecule has 3 aromatic rings. The fourth-order valence-electron chi connectivity index (χ4n) is 2.54. The maximum Gasteiger partial charge on any atom is 0.255 e. The highest BCUT2D eigenvalue weighted by Gasteiger charge is 2.08. The molecule has 5 heteroatoms. The number of rotatable bonds is 6. The minimum Gasteiger partial charge on any atom is -0.489 e.